The summed E-state index contributed by atoms with van der Waals surface area (Å²) >= 11 is 0. The summed E-state index contributed by atoms with van der Waals surface area (Å²) < 4.78 is 11.3. The van der Waals surface area contributed by atoms with Crippen LogP contribution in [0.15, 0.2) is 46.2 Å². The molecule has 0 aliphatic rings. The van der Waals surface area contributed by atoms with Crippen molar-refractivity contribution in [2.75, 3.05) is 30.3 Å². The number of esters is 1. The van der Waals surface area contributed by atoms with Crippen LogP contribution < -0.4 is 16.0 Å². The predicted molar refractivity (Wildman–Crippen MR) is 206 cm³/mol. The summed E-state index contributed by atoms with van der Waals surface area (Å²) in [7, 11) is 2.63. The van der Waals surface area contributed by atoms with Crippen molar-refractivity contribution in [3.05, 3.63) is 47.5 Å². The van der Waals surface area contributed by atoms with Gasteiger partial charge < -0.3 is 25.4 Å². The van der Waals surface area contributed by atoms with Crippen LogP contribution in [0.25, 0.3) is 0 Å². The minimum absolute atomic E-state index is 0.0603. The van der Waals surface area contributed by atoms with Crippen LogP contribution in [0.5, 0.6) is 0 Å². The van der Waals surface area contributed by atoms with Crippen LogP contribution in [-0.4, -0.2) is 65.7 Å². The second kappa shape index (κ2) is 19.3. The van der Waals surface area contributed by atoms with Gasteiger partial charge in [0.2, 0.25) is 0 Å². The maximum absolute atomic E-state index is 14.2. The summed E-state index contributed by atoms with van der Waals surface area (Å²) in [6, 6.07) is 10.1. The Morgan fingerprint density at radius 1 is 0.740 bits per heavy atom. The van der Waals surface area contributed by atoms with Crippen molar-refractivity contribution >= 4 is 56.8 Å². The molecule has 3 N–H and O–H groups in total. The van der Waals surface area contributed by atoms with Gasteiger partial charge in [-0.05, 0) is 104 Å². The van der Waals surface area contributed by atoms with E-state index in [4.69, 9.17) is 9.47 Å². The highest BCUT2D eigenvalue weighted by Crippen LogP contribution is 2.42. The number of amides is 3. The average Bonchev–Trinajstić information content (AvgIpc) is 3.03. The number of hydrogen-bond donors (Lipinski definition) is 3. The van der Waals surface area contributed by atoms with Gasteiger partial charge in [0.15, 0.2) is 0 Å². The SMILES string of the molecule is CCNc1ccc(SSc2ccc(NCC)cc2C(=O)N(CC(C)CC)C(=O)OC(C)(C)C)c(C(=O)NC(C(=O)OC(C)(C)C)C(C)CC)c1. The number of benzene rings is 2. The van der Waals surface area contributed by atoms with Crippen molar-refractivity contribution in [2.24, 2.45) is 11.8 Å². The number of nitrogens with one attached hydrogen (secondary N) is 3. The van der Waals surface area contributed by atoms with Crippen molar-refractivity contribution in [3.8, 4) is 0 Å². The Morgan fingerprint density at radius 3 is 1.70 bits per heavy atom. The number of nitrogens with zero attached hydrogens (tertiary/aromatic N) is 1. The van der Waals surface area contributed by atoms with Crippen LogP contribution in [0.3, 0.4) is 0 Å². The van der Waals surface area contributed by atoms with Crippen molar-refractivity contribution in [2.45, 2.75) is 123 Å². The zero-order chi connectivity index (χ0) is 37.8. The number of ether oxygens (including phenoxy) is 2. The molecule has 0 fully saturated rings. The Hall–Kier alpha value is -3.38. The molecule has 0 saturated heterocycles. The highest BCUT2D eigenvalue weighted by molar-refractivity contribution is 8.76. The molecule has 0 spiro atoms. The molecular formula is C38H58N4O6S2. The first kappa shape index (κ1) is 42.8. The van der Waals surface area contributed by atoms with E-state index in [2.05, 4.69) is 16.0 Å². The van der Waals surface area contributed by atoms with Crippen LogP contribution in [0.4, 0.5) is 16.2 Å². The van der Waals surface area contributed by atoms with Crippen molar-refractivity contribution in [3.63, 3.8) is 0 Å². The molecule has 0 heterocycles. The second-order valence-electron chi connectivity index (χ2n) is 14.4. The topological polar surface area (TPSA) is 126 Å². The molecule has 2 aromatic rings. The fourth-order valence-electron chi connectivity index (χ4n) is 4.66. The molecule has 0 aromatic heterocycles. The van der Waals surface area contributed by atoms with Crippen LogP contribution in [-0.2, 0) is 14.3 Å². The fraction of sp³-hybridized carbons (Fsp3) is 0.579. The van der Waals surface area contributed by atoms with Gasteiger partial charge in [-0.1, -0.05) is 62.1 Å². The van der Waals surface area contributed by atoms with Gasteiger partial charge in [-0.3, -0.25) is 9.59 Å². The molecule has 12 heteroatoms. The van der Waals surface area contributed by atoms with E-state index in [9.17, 15) is 19.2 Å². The highest BCUT2D eigenvalue weighted by Gasteiger charge is 2.33. The summed E-state index contributed by atoms with van der Waals surface area (Å²) in [6.07, 6.45) is 0.746. The quantitative estimate of drug-likeness (QED) is 0.114. The molecule has 3 amide bonds. The van der Waals surface area contributed by atoms with Gasteiger partial charge >= 0.3 is 12.1 Å². The smallest absolute Gasteiger partial charge is 0.417 e. The number of carbonyl (C=O) groups is 4. The Balaban J connectivity index is 2.55. The van der Waals surface area contributed by atoms with Gasteiger partial charge in [0.25, 0.3) is 11.8 Å². The molecule has 0 radical (unpaired) electrons. The van der Waals surface area contributed by atoms with E-state index in [1.54, 1.807) is 53.7 Å². The van der Waals surface area contributed by atoms with E-state index < -0.39 is 41.1 Å². The first-order valence-corrected chi connectivity index (χ1v) is 19.7. The number of carbonyl (C=O) groups excluding carboxylic acids is 4. The lowest BCUT2D eigenvalue weighted by Gasteiger charge is -2.28. The van der Waals surface area contributed by atoms with Gasteiger partial charge in [-0.2, -0.15) is 0 Å². The number of imide groups is 1. The number of rotatable bonds is 16. The molecule has 50 heavy (non-hydrogen) atoms. The molecule has 0 aliphatic carbocycles. The Morgan fingerprint density at radius 2 is 1.24 bits per heavy atom. The largest absolute Gasteiger partial charge is 0.458 e. The van der Waals surface area contributed by atoms with E-state index >= 15 is 0 Å². The maximum atomic E-state index is 14.2. The van der Waals surface area contributed by atoms with Crippen LogP contribution in [0, 0.1) is 11.8 Å². The molecule has 3 atom stereocenters. The van der Waals surface area contributed by atoms with Gasteiger partial charge in [-0.25, -0.2) is 14.5 Å². The summed E-state index contributed by atoms with van der Waals surface area (Å²) in [6.45, 7) is 24.0. The van der Waals surface area contributed by atoms with Gasteiger partial charge in [0, 0.05) is 40.8 Å². The van der Waals surface area contributed by atoms with Crippen molar-refractivity contribution < 1.29 is 28.7 Å². The molecule has 2 rings (SSSR count). The molecule has 0 saturated carbocycles. The lowest BCUT2D eigenvalue weighted by molar-refractivity contribution is -0.158. The predicted octanol–water partition coefficient (Wildman–Crippen LogP) is 9.26. The van der Waals surface area contributed by atoms with Crippen molar-refractivity contribution in [1.82, 2.24) is 10.2 Å². The minimum atomic E-state index is -0.841. The number of anilines is 2. The molecule has 3 unspecified atom stereocenters. The molecule has 278 valence electrons. The molecule has 0 aliphatic heterocycles. The highest BCUT2D eigenvalue weighted by atomic mass is 33.1. The minimum Gasteiger partial charge on any atom is -0.458 e. The normalized spacial score (nSPS) is 13.4. The third-order valence-electron chi connectivity index (χ3n) is 7.63. The third-order valence-corrected chi connectivity index (χ3v) is 10.1. The van der Waals surface area contributed by atoms with Gasteiger partial charge in [0.1, 0.15) is 17.2 Å². The first-order chi connectivity index (χ1) is 23.3. The summed E-state index contributed by atoms with van der Waals surface area (Å²) in [4.78, 5) is 57.2. The standard InChI is InChI=1S/C38H58N4O6S2/c1-13-24(5)23-42(36(46)48-38(10,11)12)34(44)29-22-27(40-16-4)18-20-31(29)50-49-30-19-17-26(39-15-3)21-28(30)33(43)41-32(25(6)14-2)35(45)47-37(7,8)9/h17-22,24-25,32,39-40H,13-16,23H2,1-12H3,(H,41,43). The summed E-state index contributed by atoms with van der Waals surface area (Å²) in [5, 5.41) is 9.47. The van der Waals surface area contributed by atoms with Crippen LogP contribution in [0.2, 0.25) is 0 Å². The van der Waals surface area contributed by atoms with E-state index in [-0.39, 0.29) is 18.4 Å². The molecular weight excluding hydrogens is 673 g/mol. The van der Waals surface area contributed by atoms with Gasteiger partial charge in [0.05, 0.1) is 11.1 Å². The van der Waals surface area contributed by atoms with Crippen LogP contribution >= 0.6 is 21.6 Å². The summed E-state index contributed by atoms with van der Waals surface area (Å²) in [5.74, 6) is -1.46. The van der Waals surface area contributed by atoms with Crippen LogP contribution in [0.1, 0.15) is 117 Å². The van der Waals surface area contributed by atoms with Gasteiger partial charge in [-0.15, -0.1) is 0 Å². The monoisotopic (exact) mass is 730 g/mol. The second-order valence-corrected chi connectivity index (χ2v) is 16.6. The fourth-order valence-corrected chi connectivity index (χ4v) is 6.98. The average molecular weight is 731 g/mol. The Kier molecular flexibility index (Phi) is 16.5. The Labute approximate surface area is 307 Å². The van der Waals surface area contributed by atoms with E-state index in [0.717, 1.165) is 17.8 Å². The zero-order valence-electron chi connectivity index (χ0n) is 31.9. The van der Waals surface area contributed by atoms with E-state index in [0.29, 0.717) is 40.4 Å². The summed E-state index contributed by atoms with van der Waals surface area (Å²) in [5.41, 5.74) is 0.729. The van der Waals surface area contributed by atoms with E-state index in [1.165, 1.54) is 26.5 Å². The lowest BCUT2D eigenvalue weighted by atomic mass is 9.98. The first-order valence-electron chi connectivity index (χ1n) is 17.5. The third kappa shape index (κ3) is 13.4. The molecule has 10 nitrogen and oxygen atoms in total. The molecule has 2 aromatic carbocycles. The number of hydrogen-bond acceptors (Lipinski definition) is 10. The lowest BCUT2D eigenvalue weighted by Crippen LogP contribution is -2.47. The Bertz CT molecular complexity index is 1470. The molecule has 0 bridgehead atoms. The van der Waals surface area contributed by atoms with Crippen molar-refractivity contribution in [1.29, 1.82) is 0 Å². The maximum Gasteiger partial charge on any atom is 0.417 e. The zero-order valence-corrected chi connectivity index (χ0v) is 33.6. The van der Waals surface area contributed by atoms with E-state index in [1.807, 2.05) is 65.8 Å².